The van der Waals surface area contributed by atoms with Crippen LogP contribution in [0.25, 0.3) is 0 Å². The van der Waals surface area contributed by atoms with Gasteiger partial charge in [0.05, 0.1) is 6.04 Å². The summed E-state index contributed by atoms with van der Waals surface area (Å²) in [4.78, 5) is 25.0. The fraction of sp³-hybridized carbons (Fsp3) is 0.391. The monoisotopic (exact) mass is 393 g/mol. The quantitative estimate of drug-likeness (QED) is 0.697. The normalized spacial score (nSPS) is 20.7. The van der Waals surface area contributed by atoms with E-state index in [1.54, 1.807) is 4.90 Å². The molecule has 1 saturated carbocycles. The first-order valence-corrected chi connectivity index (χ1v) is 10.2. The van der Waals surface area contributed by atoms with E-state index in [-0.39, 0.29) is 24.0 Å². The number of nitrogens with one attached hydrogen (secondary N) is 1. The summed E-state index contributed by atoms with van der Waals surface area (Å²) in [5.74, 6) is -0.812. The Kier molecular flexibility index (Phi) is 5.28. The second-order valence-corrected chi connectivity index (χ2v) is 8.12. The van der Waals surface area contributed by atoms with Gasteiger partial charge in [-0.3, -0.25) is 9.69 Å². The predicted molar refractivity (Wildman–Crippen MR) is 112 cm³/mol. The third kappa shape index (κ3) is 3.98. The molecule has 0 aromatic heterocycles. The van der Waals surface area contributed by atoms with Crippen LogP contribution in [0.15, 0.2) is 48.5 Å². The molecule has 2 aromatic rings. The van der Waals surface area contributed by atoms with Crippen molar-refractivity contribution in [3.63, 3.8) is 0 Å². The van der Waals surface area contributed by atoms with Crippen LogP contribution in [0.4, 0.5) is 10.5 Å². The minimum atomic E-state index is -0.812. The zero-order chi connectivity index (χ0) is 20.4. The molecule has 6 heteroatoms. The lowest BCUT2D eigenvalue weighted by atomic mass is 9.88. The average Bonchev–Trinajstić information content (AvgIpc) is 3.34. The summed E-state index contributed by atoms with van der Waals surface area (Å²) < 4.78 is 0. The van der Waals surface area contributed by atoms with Gasteiger partial charge in [-0.15, -0.1) is 0 Å². The van der Waals surface area contributed by atoms with Gasteiger partial charge in [-0.1, -0.05) is 49.2 Å². The number of nitrogens with two attached hydrogens (primary N) is 1. The molecule has 1 aliphatic heterocycles. The summed E-state index contributed by atoms with van der Waals surface area (Å²) in [5, 5.41) is 11.8. The minimum Gasteiger partial charge on any atom is -0.481 e. The number of rotatable bonds is 6. The van der Waals surface area contributed by atoms with Crippen LogP contribution < -0.4 is 16.0 Å². The lowest BCUT2D eigenvalue weighted by Gasteiger charge is -2.26. The highest BCUT2D eigenvalue weighted by Gasteiger charge is 2.34. The van der Waals surface area contributed by atoms with Crippen molar-refractivity contribution in [1.29, 1.82) is 0 Å². The summed E-state index contributed by atoms with van der Waals surface area (Å²) >= 11 is 0. The Labute approximate surface area is 170 Å². The van der Waals surface area contributed by atoms with E-state index in [1.807, 2.05) is 24.3 Å². The first kappa shape index (κ1) is 19.5. The average molecular weight is 393 g/mol. The van der Waals surface area contributed by atoms with Crippen molar-refractivity contribution in [3.8, 4) is 0 Å². The van der Waals surface area contributed by atoms with Crippen LogP contribution in [0.3, 0.4) is 0 Å². The molecule has 6 nitrogen and oxygen atoms in total. The number of carbonyl (C=O) groups excluding carboxylic acids is 1. The molecule has 1 heterocycles. The van der Waals surface area contributed by atoms with E-state index in [9.17, 15) is 9.59 Å². The summed E-state index contributed by atoms with van der Waals surface area (Å²) in [7, 11) is 0. The summed E-state index contributed by atoms with van der Waals surface area (Å²) in [6.07, 6.45) is 4.98. The molecule has 1 atom stereocenters. The molecule has 152 valence electrons. The van der Waals surface area contributed by atoms with E-state index in [0.717, 1.165) is 29.7 Å². The zero-order valence-electron chi connectivity index (χ0n) is 16.4. The molecular weight excluding hydrogens is 366 g/mol. The molecule has 2 aromatic carbocycles. The van der Waals surface area contributed by atoms with Gasteiger partial charge < -0.3 is 16.2 Å². The largest absolute Gasteiger partial charge is 0.481 e. The van der Waals surface area contributed by atoms with Crippen molar-refractivity contribution in [1.82, 2.24) is 5.32 Å². The molecule has 2 fully saturated rings. The number of benzene rings is 2. The topological polar surface area (TPSA) is 95.7 Å². The van der Waals surface area contributed by atoms with Gasteiger partial charge in [-0.05, 0) is 48.1 Å². The number of aryl methyl sites for hydroxylation is 1. The Balaban J connectivity index is 1.53. The number of aliphatic carboxylic acids is 1. The molecule has 29 heavy (non-hydrogen) atoms. The molecule has 1 unspecified atom stereocenters. The van der Waals surface area contributed by atoms with Crippen LogP contribution >= 0.6 is 0 Å². The Morgan fingerprint density at radius 1 is 1.10 bits per heavy atom. The standard InChI is InChI=1S/C23H27N3O3/c24-23(13-1-2-14-23)18-8-6-17(7-9-18)20-15-25-22(29)26(20)19-10-3-16(4-11-19)5-12-21(27)28/h3-4,6-11,20H,1-2,5,12-15,24H2,(H,25,29)(H,27,28). The number of amides is 2. The van der Waals surface area contributed by atoms with E-state index in [0.29, 0.717) is 13.0 Å². The number of hydrogen-bond donors (Lipinski definition) is 3. The van der Waals surface area contributed by atoms with Crippen molar-refractivity contribution in [2.45, 2.75) is 50.1 Å². The third-order valence-electron chi connectivity index (χ3n) is 6.19. The highest BCUT2D eigenvalue weighted by atomic mass is 16.4. The Morgan fingerprint density at radius 2 is 1.76 bits per heavy atom. The van der Waals surface area contributed by atoms with Crippen molar-refractivity contribution >= 4 is 17.7 Å². The first-order chi connectivity index (χ1) is 14.0. The van der Waals surface area contributed by atoms with Crippen LogP contribution in [0.2, 0.25) is 0 Å². The van der Waals surface area contributed by atoms with Gasteiger partial charge in [0.1, 0.15) is 0 Å². The Bertz CT molecular complexity index is 887. The molecule has 1 aliphatic carbocycles. The fourth-order valence-corrected chi connectivity index (χ4v) is 4.47. The van der Waals surface area contributed by atoms with Gasteiger partial charge in [0.15, 0.2) is 0 Å². The number of carbonyl (C=O) groups is 2. The maximum atomic E-state index is 12.5. The van der Waals surface area contributed by atoms with Crippen LogP contribution in [0.5, 0.6) is 0 Å². The molecule has 0 bridgehead atoms. The smallest absolute Gasteiger partial charge is 0.322 e. The predicted octanol–water partition coefficient (Wildman–Crippen LogP) is 3.70. The van der Waals surface area contributed by atoms with Crippen LogP contribution in [0, 0.1) is 0 Å². The lowest BCUT2D eigenvalue weighted by Crippen LogP contribution is -2.33. The van der Waals surface area contributed by atoms with E-state index in [2.05, 4.69) is 29.6 Å². The molecule has 1 saturated heterocycles. The Morgan fingerprint density at radius 3 is 2.38 bits per heavy atom. The number of hydrogen-bond acceptors (Lipinski definition) is 3. The lowest BCUT2D eigenvalue weighted by molar-refractivity contribution is -0.136. The fourth-order valence-electron chi connectivity index (χ4n) is 4.47. The van der Waals surface area contributed by atoms with Gasteiger partial charge in [0.25, 0.3) is 0 Å². The third-order valence-corrected chi connectivity index (χ3v) is 6.19. The summed E-state index contributed by atoms with van der Waals surface area (Å²) in [6.45, 7) is 0.548. The highest BCUT2D eigenvalue weighted by Crippen LogP contribution is 2.37. The number of carboxylic acid groups (broad SMARTS) is 1. The number of anilines is 1. The van der Waals surface area contributed by atoms with E-state index >= 15 is 0 Å². The maximum Gasteiger partial charge on any atom is 0.322 e. The molecule has 4 rings (SSSR count). The van der Waals surface area contributed by atoms with Crippen LogP contribution in [-0.2, 0) is 16.8 Å². The molecule has 2 aliphatic rings. The Hall–Kier alpha value is -2.86. The molecule has 0 radical (unpaired) electrons. The van der Waals surface area contributed by atoms with Gasteiger partial charge in [0, 0.05) is 24.2 Å². The van der Waals surface area contributed by atoms with Crippen molar-refractivity contribution < 1.29 is 14.7 Å². The van der Waals surface area contributed by atoms with E-state index in [4.69, 9.17) is 10.8 Å². The summed E-state index contributed by atoms with van der Waals surface area (Å²) in [5.41, 5.74) is 10.3. The molecule has 4 N–H and O–H groups in total. The first-order valence-electron chi connectivity index (χ1n) is 10.2. The number of nitrogens with zero attached hydrogens (tertiary/aromatic N) is 1. The van der Waals surface area contributed by atoms with Gasteiger partial charge >= 0.3 is 12.0 Å². The number of carboxylic acids is 1. The molecular formula is C23H27N3O3. The van der Waals surface area contributed by atoms with Gasteiger partial charge in [0.2, 0.25) is 0 Å². The van der Waals surface area contributed by atoms with Crippen molar-refractivity contribution in [2.75, 3.05) is 11.4 Å². The van der Waals surface area contributed by atoms with Crippen molar-refractivity contribution in [3.05, 3.63) is 65.2 Å². The minimum absolute atomic E-state index is 0.0845. The van der Waals surface area contributed by atoms with E-state index < -0.39 is 5.97 Å². The van der Waals surface area contributed by atoms with Crippen LogP contribution in [0.1, 0.15) is 54.8 Å². The second kappa shape index (κ2) is 7.87. The maximum absolute atomic E-state index is 12.5. The SMILES string of the molecule is NC1(c2ccc(C3CNC(=O)N3c3ccc(CCC(=O)O)cc3)cc2)CCCC1. The second-order valence-electron chi connectivity index (χ2n) is 8.12. The van der Waals surface area contributed by atoms with Gasteiger partial charge in [-0.2, -0.15) is 0 Å². The molecule has 0 spiro atoms. The number of urea groups is 1. The summed E-state index contributed by atoms with van der Waals surface area (Å²) in [6, 6.07) is 15.7. The highest BCUT2D eigenvalue weighted by molar-refractivity contribution is 5.95. The van der Waals surface area contributed by atoms with Crippen LogP contribution in [-0.4, -0.2) is 23.7 Å². The van der Waals surface area contributed by atoms with Crippen molar-refractivity contribution in [2.24, 2.45) is 5.73 Å². The molecule has 2 amide bonds. The van der Waals surface area contributed by atoms with E-state index in [1.165, 1.54) is 18.4 Å². The van der Waals surface area contributed by atoms with Gasteiger partial charge in [-0.25, -0.2) is 4.79 Å². The zero-order valence-corrected chi connectivity index (χ0v) is 16.4.